The van der Waals surface area contributed by atoms with Crippen molar-refractivity contribution >= 4 is 17.4 Å². The summed E-state index contributed by atoms with van der Waals surface area (Å²) in [7, 11) is 1.60. The molecule has 8 heteroatoms. The number of ketones is 1. The predicted octanol–water partition coefficient (Wildman–Crippen LogP) is 5.78. The third-order valence-electron chi connectivity index (χ3n) is 8.27. The first-order chi connectivity index (χ1) is 17.3. The standard InChI is InChI=1S/C29H27ClO7/c1-11-7-14(35-6)8-13-10-36-29(5)16-9-15-18(24(32)19(16)27(37-29)17(11)13)25(33)20-21(28(15,3)4)12(2)23(31)22(30)26(20)34/h7-9,27,31-32,34H,10H2,1-6H3. The monoisotopic (exact) mass is 522 g/mol. The van der Waals surface area contributed by atoms with Crippen molar-refractivity contribution < 1.29 is 34.3 Å². The van der Waals surface area contributed by atoms with Crippen LogP contribution in [0, 0.1) is 13.8 Å². The van der Waals surface area contributed by atoms with Crippen LogP contribution in [0.5, 0.6) is 23.0 Å². The van der Waals surface area contributed by atoms with Gasteiger partial charge in [-0.3, -0.25) is 4.79 Å². The molecule has 3 aliphatic rings. The van der Waals surface area contributed by atoms with Crippen LogP contribution in [0.25, 0.3) is 0 Å². The number of benzene rings is 3. The molecule has 2 unspecified atom stereocenters. The fraction of sp³-hybridized carbons (Fsp3) is 0.345. The Morgan fingerprint density at radius 1 is 0.973 bits per heavy atom. The zero-order chi connectivity index (χ0) is 26.8. The second kappa shape index (κ2) is 7.40. The molecule has 0 radical (unpaired) electrons. The zero-order valence-electron chi connectivity index (χ0n) is 21.4. The molecule has 0 saturated heterocycles. The highest BCUT2D eigenvalue weighted by molar-refractivity contribution is 6.35. The molecule has 0 saturated carbocycles. The van der Waals surface area contributed by atoms with Crippen LogP contribution >= 0.6 is 11.6 Å². The van der Waals surface area contributed by atoms with Gasteiger partial charge in [0.15, 0.2) is 5.79 Å². The van der Waals surface area contributed by atoms with E-state index in [1.165, 1.54) is 0 Å². The van der Waals surface area contributed by atoms with E-state index >= 15 is 0 Å². The van der Waals surface area contributed by atoms with Gasteiger partial charge in [0, 0.05) is 16.5 Å². The number of methoxy groups -OCH3 is 1. The Balaban J connectivity index is 1.67. The number of aromatic hydroxyl groups is 3. The Hall–Kier alpha value is -3.26. The number of carbonyl (C=O) groups is 1. The summed E-state index contributed by atoms with van der Waals surface area (Å²) in [6, 6.07) is 5.65. The van der Waals surface area contributed by atoms with Crippen LogP contribution in [0.2, 0.25) is 5.02 Å². The molecule has 0 fully saturated rings. The van der Waals surface area contributed by atoms with E-state index in [1.54, 1.807) is 14.0 Å². The Morgan fingerprint density at radius 2 is 1.68 bits per heavy atom. The summed E-state index contributed by atoms with van der Waals surface area (Å²) in [5.41, 5.74) is 4.34. The molecule has 37 heavy (non-hydrogen) atoms. The van der Waals surface area contributed by atoms with Crippen molar-refractivity contribution in [3.63, 3.8) is 0 Å². The van der Waals surface area contributed by atoms with Gasteiger partial charge < -0.3 is 29.5 Å². The zero-order valence-corrected chi connectivity index (χ0v) is 22.1. The van der Waals surface area contributed by atoms with Gasteiger partial charge in [0.05, 0.1) is 24.8 Å². The van der Waals surface area contributed by atoms with E-state index in [9.17, 15) is 20.1 Å². The summed E-state index contributed by atoms with van der Waals surface area (Å²) in [5, 5.41) is 32.9. The molecule has 0 aromatic heterocycles. The smallest absolute Gasteiger partial charge is 0.201 e. The van der Waals surface area contributed by atoms with Crippen LogP contribution < -0.4 is 4.74 Å². The Labute approximate surface area is 219 Å². The molecule has 6 rings (SSSR count). The van der Waals surface area contributed by atoms with E-state index < -0.39 is 28.8 Å². The quantitative estimate of drug-likeness (QED) is 0.372. The molecular weight excluding hydrogens is 496 g/mol. The summed E-state index contributed by atoms with van der Waals surface area (Å²) in [4.78, 5) is 13.9. The van der Waals surface area contributed by atoms with E-state index in [0.29, 0.717) is 33.6 Å². The highest BCUT2D eigenvalue weighted by Gasteiger charge is 2.52. The molecule has 2 bridgehead atoms. The molecule has 0 spiro atoms. The van der Waals surface area contributed by atoms with Crippen molar-refractivity contribution in [3.8, 4) is 23.0 Å². The molecule has 192 valence electrons. The molecule has 0 amide bonds. The number of rotatable bonds is 1. The molecule has 3 aromatic carbocycles. The first-order valence-corrected chi connectivity index (χ1v) is 12.4. The second-order valence-corrected chi connectivity index (χ2v) is 11.1. The van der Waals surface area contributed by atoms with Crippen LogP contribution in [0.15, 0.2) is 18.2 Å². The average Bonchev–Trinajstić information content (AvgIpc) is 3.04. The number of aryl methyl sites for hydroxylation is 1. The van der Waals surface area contributed by atoms with Crippen molar-refractivity contribution in [2.75, 3.05) is 7.11 Å². The van der Waals surface area contributed by atoms with Crippen LogP contribution in [-0.4, -0.2) is 28.2 Å². The van der Waals surface area contributed by atoms with Crippen molar-refractivity contribution in [1.29, 1.82) is 0 Å². The lowest BCUT2D eigenvalue weighted by Gasteiger charge is -2.38. The van der Waals surface area contributed by atoms with Crippen LogP contribution in [0.3, 0.4) is 0 Å². The van der Waals surface area contributed by atoms with Gasteiger partial charge in [-0.1, -0.05) is 25.4 Å². The van der Waals surface area contributed by atoms with Crippen molar-refractivity contribution in [2.24, 2.45) is 0 Å². The molecule has 2 aliphatic heterocycles. The Kier molecular flexibility index (Phi) is 4.82. The largest absolute Gasteiger partial charge is 0.507 e. The lowest BCUT2D eigenvalue weighted by atomic mass is 9.65. The minimum Gasteiger partial charge on any atom is -0.507 e. The lowest BCUT2D eigenvalue weighted by molar-refractivity contribution is -0.236. The third-order valence-corrected chi connectivity index (χ3v) is 8.62. The van der Waals surface area contributed by atoms with Gasteiger partial charge in [0.25, 0.3) is 0 Å². The van der Waals surface area contributed by atoms with Crippen LogP contribution in [-0.2, 0) is 27.3 Å². The summed E-state index contributed by atoms with van der Waals surface area (Å²) in [6.45, 7) is 9.45. The molecule has 2 heterocycles. The van der Waals surface area contributed by atoms with E-state index in [-0.39, 0.29) is 34.3 Å². The number of carbonyl (C=O) groups excluding carboxylic acids is 1. The fourth-order valence-corrected chi connectivity index (χ4v) is 6.68. The van der Waals surface area contributed by atoms with Crippen LogP contribution in [0.1, 0.15) is 87.3 Å². The molecule has 3 aromatic rings. The van der Waals surface area contributed by atoms with Gasteiger partial charge in [-0.25, -0.2) is 0 Å². The number of phenolic OH excluding ortho intramolecular Hbond substituents is 3. The fourth-order valence-electron chi connectivity index (χ4n) is 6.45. The van der Waals surface area contributed by atoms with Gasteiger partial charge in [0.1, 0.15) is 34.1 Å². The minimum atomic E-state index is -1.18. The summed E-state index contributed by atoms with van der Waals surface area (Å²) < 4.78 is 18.2. The van der Waals surface area contributed by atoms with E-state index in [2.05, 4.69) is 0 Å². The average molecular weight is 523 g/mol. The number of ether oxygens (including phenoxy) is 3. The molecule has 3 N–H and O–H groups in total. The van der Waals surface area contributed by atoms with E-state index in [0.717, 1.165) is 16.7 Å². The number of halogens is 1. The number of hydrogen-bond donors (Lipinski definition) is 3. The van der Waals surface area contributed by atoms with Gasteiger partial charge in [-0.05, 0) is 72.4 Å². The molecule has 7 nitrogen and oxygen atoms in total. The van der Waals surface area contributed by atoms with Gasteiger partial charge >= 0.3 is 0 Å². The maximum atomic E-state index is 13.9. The van der Waals surface area contributed by atoms with Crippen molar-refractivity contribution in [3.05, 3.63) is 78.9 Å². The summed E-state index contributed by atoms with van der Waals surface area (Å²) >= 11 is 6.19. The highest BCUT2D eigenvalue weighted by atomic mass is 35.5. The normalized spacial score (nSPS) is 22.6. The number of hydrogen-bond acceptors (Lipinski definition) is 7. The summed E-state index contributed by atoms with van der Waals surface area (Å²) in [5.74, 6) is -2.04. The van der Waals surface area contributed by atoms with Gasteiger partial charge in [-0.15, -0.1) is 0 Å². The molecular formula is C29H27ClO7. The third kappa shape index (κ3) is 2.87. The van der Waals surface area contributed by atoms with E-state index in [4.69, 9.17) is 25.8 Å². The molecule has 1 aliphatic carbocycles. The number of phenols is 3. The maximum absolute atomic E-state index is 13.9. The van der Waals surface area contributed by atoms with Crippen molar-refractivity contribution in [1.82, 2.24) is 0 Å². The van der Waals surface area contributed by atoms with Crippen LogP contribution in [0.4, 0.5) is 0 Å². The maximum Gasteiger partial charge on any atom is 0.201 e. The number of fused-ring (bicyclic) bond motifs is 9. The lowest BCUT2D eigenvalue weighted by Crippen LogP contribution is -2.33. The van der Waals surface area contributed by atoms with Gasteiger partial charge in [-0.2, -0.15) is 0 Å². The first-order valence-electron chi connectivity index (χ1n) is 12.0. The Bertz CT molecular complexity index is 1570. The summed E-state index contributed by atoms with van der Waals surface area (Å²) in [6.07, 6.45) is -0.676. The molecule has 2 atom stereocenters. The topological polar surface area (TPSA) is 105 Å². The van der Waals surface area contributed by atoms with Crippen molar-refractivity contribution in [2.45, 2.75) is 58.5 Å². The predicted molar refractivity (Wildman–Crippen MR) is 136 cm³/mol. The highest BCUT2D eigenvalue weighted by Crippen LogP contribution is 2.59. The first kappa shape index (κ1) is 24.1. The minimum absolute atomic E-state index is 0.0176. The SMILES string of the molecule is COc1cc(C)c2c(c1)COC1(C)OC2c2c1cc1c(c2O)C(=O)c2c(O)c(Cl)c(O)c(C)c2C1(C)C. The Morgan fingerprint density at radius 3 is 2.35 bits per heavy atom. The second-order valence-electron chi connectivity index (χ2n) is 10.7. The van der Waals surface area contributed by atoms with E-state index in [1.807, 2.05) is 45.9 Å². The van der Waals surface area contributed by atoms with Gasteiger partial charge in [0.2, 0.25) is 5.78 Å².